The van der Waals surface area contributed by atoms with Crippen molar-refractivity contribution in [1.82, 2.24) is 10.6 Å². The van der Waals surface area contributed by atoms with Crippen LogP contribution in [0.15, 0.2) is 11.6 Å². The van der Waals surface area contributed by atoms with Crippen LogP contribution in [-0.2, 0) is 9.59 Å². The van der Waals surface area contributed by atoms with Crippen LogP contribution in [-0.4, -0.2) is 17.8 Å². The molecule has 0 aromatic heterocycles. The molecule has 0 aliphatic carbocycles. The summed E-state index contributed by atoms with van der Waals surface area (Å²) >= 11 is 0. The molecule has 4 amide bonds. The van der Waals surface area contributed by atoms with Gasteiger partial charge in [-0.15, -0.1) is 0 Å². The summed E-state index contributed by atoms with van der Waals surface area (Å²) in [6.45, 7) is 2.12. The number of nitrogens with one attached hydrogen (secondary N) is 2. The topological polar surface area (TPSA) is 75.3 Å². The summed E-state index contributed by atoms with van der Waals surface area (Å²) < 4.78 is 0. The van der Waals surface area contributed by atoms with Crippen LogP contribution >= 0.6 is 0 Å². The molecule has 5 heteroatoms. The minimum atomic E-state index is -0.752. The Labute approximate surface area is 94.3 Å². The Morgan fingerprint density at radius 3 is 2.19 bits per heavy atom. The van der Waals surface area contributed by atoms with Crippen LogP contribution in [0.2, 0.25) is 0 Å². The van der Waals surface area contributed by atoms with Crippen molar-refractivity contribution in [1.29, 1.82) is 0 Å². The maximum absolute atomic E-state index is 11.3. The van der Waals surface area contributed by atoms with E-state index in [2.05, 4.69) is 6.92 Å². The van der Waals surface area contributed by atoms with E-state index in [1.54, 1.807) is 6.08 Å². The highest BCUT2D eigenvalue weighted by Crippen LogP contribution is 2.07. The number of amides is 4. The molecule has 16 heavy (non-hydrogen) atoms. The molecular formula is C11H16N2O3. The lowest BCUT2D eigenvalue weighted by molar-refractivity contribution is -0.124. The third-order valence-electron chi connectivity index (χ3n) is 2.35. The predicted molar refractivity (Wildman–Crippen MR) is 58.5 cm³/mol. The molecule has 0 atom stereocenters. The first kappa shape index (κ1) is 12.4. The summed E-state index contributed by atoms with van der Waals surface area (Å²) in [6.07, 6.45) is 6.61. The highest BCUT2D eigenvalue weighted by Gasteiger charge is 2.26. The maximum atomic E-state index is 11.3. The molecule has 5 nitrogen and oxygen atoms in total. The van der Waals surface area contributed by atoms with Gasteiger partial charge in [0.05, 0.1) is 0 Å². The van der Waals surface area contributed by atoms with Crippen LogP contribution in [0.4, 0.5) is 4.79 Å². The second kappa shape index (κ2) is 6.05. The van der Waals surface area contributed by atoms with Gasteiger partial charge in [-0.3, -0.25) is 20.2 Å². The summed E-state index contributed by atoms with van der Waals surface area (Å²) in [5.74, 6) is -1.21. The van der Waals surface area contributed by atoms with E-state index in [0.717, 1.165) is 25.7 Å². The smallest absolute Gasteiger partial charge is 0.273 e. The van der Waals surface area contributed by atoms with Gasteiger partial charge < -0.3 is 0 Å². The molecule has 88 valence electrons. The zero-order chi connectivity index (χ0) is 12.0. The van der Waals surface area contributed by atoms with E-state index in [1.165, 1.54) is 0 Å². The summed E-state index contributed by atoms with van der Waals surface area (Å²) in [5.41, 5.74) is 0.0381. The van der Waals surface area contributed by atoms with Gasteiger partial charge in [0.2, 0.25) is 0 Å². The quantitative estimate of drug-likeness (QED) is 0.419. The van der Waals surface area contributed by atoms with Crippen molar-refractivity contribution < 1.29 is 14.4 Å². The van der Waals surface area contributed by atoms with Crippen LogP contribution in [0.25, 0.3) is 0 Å². The summed E-state index contributed by atoms with van der Waals surface area (Å²) in [6, 6.07) is -0.752. The van der Waals surface area contributed by atoms with Crippen LogP contribution in [0.3, 0.4) is 0 Å². The number of unbranched alkanes of at least 4 members (excludes halogenated alkanes) is 4. The van der Waals surface area contributed by atoms with Gasteiger partial charge in [0.1, 0.15) is 5.57 Å². The van der Waals surface area contributed by atoms with Gasteiger partial charge in [0.25, 0.3) is 11.8 Å². The second-order valence-electron chi connectivity index (χ2n) is 3.70. The van der Waals surface area contributed by atoms with Gasteiger partial charge in [-0.25, -0.2) is 4.79 Å². The van der Waals surface area contributed by atoms with Crippen LogP contribution < -0.4 is 10.6 Å². The number of barbiturate groups is 1. The molecular weight excluding hydrogens is 208 g/mol. The number of carbonyl (C=O) groups is 3. The third kappa shape index (κ3) is 3.49. The van der Waals surface area contributed by atoms with Crippen molar-refractivity contribution in [3.63, 3.8) is 0 Å². The van der Waals surface area contributed by atoms with Gasteiger partial charge >= 0.3 is 6.03 Å². The number of rotatable bonds is 5. The largest absolute Gasteiger partial charge is 0.328 e. The number of imide groups is 2. The average molecular weight is 224 g/mol. The summed E-state index contributed by atoms with van der Waals surface area (Å²) in [5, 5.41) is 4.07. The van der Waals surface area contributed by atoms with E-state index < -0.39 is 17.8 Å². The lowest BCUT2D eigenvalue weighted by atomic mass is 10.1. The maximum Gasteiger partial charge on any atom is 0.328 e. The summed E-state index contributed by atoms with van der Waals surface area (Å²) in [4.78, 5) is 33.3. The molecule has 1 heterocycles. The van der Waals surface area contributed by atoms with E-state index in [4.69, 9.17) is 0 Å². The van der Waals surface area contributed by atoms with Gasteiger partial charge in [-0.2, -0.15) is 0 Å². The Hall–Kier alpha value is -1.65. The molecule has 2 N–H and O–H groups in total. The van der Waals surface area contributed by atoms with Crippen LogP contribution in [0, 0.1) is 0 Å². The van der Waals surface area contributed by atoms with Crippen molar-refractivity contribution in [2.24, 2.45) is 0 Å². The molecule has 1 saturated heterocycles. The molecule has 1 fully saturated rings. The Morgan fingerprint density at radius 2 is 1.62 bits per heavy atom. The van der Waals surface area contributed by atoms with Gasteiger partial charge in [-0.1, -0.05) is 32.3 Å². The number of hydrogen-bond donors (Lipinski definition) is 2. The fraction of sp³-hybridized carbons (Fsp3) is 0.545. The fourth-order valence-corrected chi connectivity index (χ4v) is 1.48. The van der Waals surface area contributed by atoms with Crippen LogP contribution in [0.5, 0.6) is 0 Å². The first-order valence-electron chi connectivity index (χ1n) is 5.52. The monoisotopic (exact) mass is 224 g/mol. The number of urea groups is 1. The highest BCUT2D eigenvalue weighted by atomic mass is 16.2. The lowest BCUT2D eigenvalue weighted by Gasteiger charge is -2.13. The van der Waals surface area contributed by atoms with Crippen molar-refractivity contribution in [2.45, 2.75) is 39.0 Å². The minimum absolute atomic E-state index is 0.0381. The van der Waals surface area contributed by atoms with Crippen molar-refractivity contribution >= 4 is 17.8 Å². The van der Waals surface area contributed by atoms with E-state index in [0.29, 0.717) is 6.42 Å². The number of carbonyl (C=O) groups excluding carboxylic acids is 3. The van der Waals surface area contributed by atoms with Crippen molar-refractivity contribution in [2.75, 3.05) is 0 Å². The first-order chi connectivity index (χ1) is 7.65. The Balaban J connectivity index is 2.45. The van der Waals surface area contributed by atoms with Crippen molar-refractivity contribution in [3.8, 4) is 0 Å². The Bertz CT molecular complexity index is 312. The molecule has 1 rings (SSSR count). The molecule has 0 radical (unpaired) electrons. The highest BCUT2D eigenvalue weighted by molar-refractivity contribution is 6.28. The first-order valence-corrected chi connectivity index (χ1v) is 5.52. The molecule has 1 aliphatic rings. The lowest BCUT2D eigenvalue weighted by Crippen LogP contribution is -2.51. The van der Waals surface area contributed by atoms with E-state index >= 15 is 0 Å². The minimum Gasteiger partial charge on any atom is -0.273 e. The van der Waals surface area contributed by atoms with Gasteiger partial charge in [-0.05, 0) is 12.8 Å². The van der Waals surface area contributed by atoms with E-state index in [-0.39, 0.29) is 5.57 Å². The molecule has 0 saturated carbocycles. The van der Waals surface area contributed by atoms with Gasteiger partial charge in [0.15, 0.2) is 0 Å². The second-order valence-corrected chi connectivity index (χ2v) is 3.70. The third-order valence-corrected chi connectivity index (χ3v) is 2.35. The molecule has 1 aliphatic heterocycles. The zero-order valence-corrected chi connectivity index (χ0v) is 9.34. The van der Waals surface area contributed by atoms with Crippen molar-refractivity contribution in [3.05, 3.63) is 11.6 Å². The van der Waals surface area contributed by atoms with E-state index in [9.17, 15) is 14.4 Å². The standard InChI is InChI=1S/C11H16N2O3/c1-2-3-4-5-6-7-8-9(14)12-11(16)13-10(8)15/h7H,2-6H2,1H3,(H2,12,13,14,15,16). The fourth-order valence-electron chi connectivity index (χ4n) is 1.48. The normalized spacial score (nSPS) is 15.8. The predicted octanol–water partition coefficient (Wildman–Crippen LogP) is 1.25. The zero-order valence-electron chi connectivity index (χ0n) is 9.34. The van der Waals surface area contributed by atoms with Crippen LogP contribution in [0.1, 0.15) is 39.0 Å². The van der Waals surface area contributed by atoms with E-state index in [1.807, 2.05) is 10.6 Å². The SMILES string of the molecule is CCCCCCC=C1C(=O)NC(=O)NC1=O. The molecule has 0 unspecified atom stereocenters. The molecule has 0 aromatic rings. The molecule has 0 aromatic carbocycles. The molecule has 0 spiro atoms. The number of allylic oxidation sites excluding steroid dienone is 1. The van der Waals surface area contributed by atoms with Gasteiger partial charge in [0, 0.05) is 0 Å². The summed E-state index contributed by atoms with van der Waals surface area (Å²) in [7, 11) is 0. The molecule has 0 bridgehead atoms. The Kier molecular flexibility index (Phi) is 4.69. The average Bonchev–Trinajstić information content (AvgIpc) is 2.20. The Morgan fingerprint density at radius 1 is 1.00 bits per heavy atom. The number of hydrogen-bond acceptors (Lipinski definition) is 3.